The standard InChI is InChI=1S/C9H6BrFO2/c10-5-1-2-6(11)8-7(12)3-4-13-9(5)8/h1-2H,3-4H2. The normalized spacial score (nSPS) is 15.1. The lowest BCUT2D eigenvalue weighted by atomic mass is 10.0. The summed E-state index contributed by atoms with van der Waals surface area (Å²) in [6, 6.07) is 2.79. The summed E-state index contributed by atoms with van der Waals surface area (Å²) in [6.45, 7) is 0.327. The lowest BCUT2D eigenvalue weighted by Gasteiger charge is -2.17. The Morgan fingerprint density at radius 2 is 2.23 bits per heavy atom. The van der Waals surface area contributed by atoms with Crippen molar-refractivity contribution >= 4 is 21.7 Å². The van der Waals surface area contributed by atoms with Crippen LogP contribution in [0.3, 0.4) is 0 Å². The van der Waals surface area contributed by atoms with Crippen LogP contribution in [0.25, 0.3) is 0 Å². The maximum absolute atomic E-state index is 13.2. The maximum atomic E-state index is 13.2. The van der Waals surface area contributed by atoms with Crippen LogP contribution in [0.1, 0.15) is 16.8 Å². The lowest BCUT2D eigenvalue weighted by Crippen LogP contribution is -2.17. The highest BCUT2D eigenvalue weighted by molar-refractivity contribution is 9.10. The molecule has 1 heterocycles. The summed E-state index contributed by atoms with van der Waals surface area (Å²) in [5.41, 5.74) is 0.0700. The van der Waals surface area contributed by atoms with Gasteiger partial charge < -0.3 is 4.74 Å². The Kier molecular flexibility index (Phi) is 2.07. The highest BCUT2D eigenvalue weighted by atomic mass is 79.9. The molecule has 0 N–H and O–H groups in total. The fourth-order valence-electron chi connectivity index (χ4n) is 1.30. The number of Topliss-reactive ketones (excluding diaryl/α,β-unsaturated/α-hetero) is 1. The molecule has 1 aromatic rings. The molecule has 1 aliphatic heterocycles. The molecule has 0 spiro atoms. The summed E-state index contributed by atoms with van der Waals surface area (Å²) in [5.74, 6) is -0.376. The van der Waals surface area contributed by atoms with Crippen LogP contribution in [0.15, 0.2) is 16.6 Å². The summed E-state index contributed by atoms with van der Waals surface area (Å²) in [5, 5.41) is 0. The van der Waals surface area contributed by atoms with Crippen LogP contribution in [-0.4, -0.2) is 12.4 Å². The summed E-state index contributed by atoms with van der Waals surface area (Å²) in [4.78, 5) is 11.3. The SMILES string of the molecule is O=C1CCOc2c(Br)ccc(F)c21. The van der Waals surface area contributed by atoms with Crippen LogP contribution in [0.2, 0.25) is 0 Å². The van der Waals surface area contributed by atoms with Crippen LogP contribution in [0.5, 0.6) is 5.75 Å². The van der Waals surface area contributed by atoms with Crippen molar-refractivity contribution in [3.8, 4) is 5.75 Å². The van der Waals surface area contributed by atoms with Gasteiger partial charge in [-0.3, -0.25) is 4.79 Å². The smallest absolute Gasteiger partial charge is 0.173 e. The van der Waals surface area contributed by atoms with E-state index in [0.29, 0.717) is 16.8 Å². The second-order valence-corrected chi connectivity index (χ2v) is 3.61. The number of ketones is 1. The largest absolute Gasteiger partial charge is 0.491 e. The topological polar surface area (TPSA) is 26.3 Å². The molecule has 1 aromatic carbocycles. The predicted octanol–water partition coefficient (Wildman–Crippen LogP) is 2.55. The van der Waals surface area contributed by atoms with Gasteiger partial charge >= 0.3 is 0 Å². The number of hydrogen-bond donors (Lipinski definition) is 0. The number of ether oxygens (including phenoxy) is 1. The maximum Gasteiger partial charge on any atom is 0.173 e. The van der Waals surface area contributed by atoms with E-state index < -0.39 is 5.82 Å². The minimum atomic E-state index is -0.511. The molecule has 0 saturated carbocycles. The van der Waals surface area contributed by atoms with Crippen molar-refractivity contribution in [3.05, 3.63) is 28.0 Å². The third-order valence-corrected chi connectivity index (χ3v) is 2.54. The highest BCUT2D eigenvalue weighted by Crippen LogP contribution is 2.34. The van der Waals surface area contributed by atoms with Gasteiger partial charge in [0.1, 0.15) is 11.6 Å². The molecule has 0 aliphatic carbocycles. The van der Waals surface area contributed by atoms with Gasteiger partial charge in [-0.2, -0.15) is 0 Å². The molecular formula is C9H6BrFO2. The minimum Gasteiger partial charge on any atom is -0.491 e. The van der Waals surface area contributed by atoms with E-state index in [9.17, 15) is 9.18 Å². The van der Waals surface area contributed by atoms with E-state index in [0.717, 1.165) is 0 Å². The number of fused-ring (bicyclic) bond motifs is 1. The fraction of sp³-hybridized carbons (Fsp3) is 0.222. The average Bonchev–Trinajstić information content (AvgIpc) is 2.12. The quantitative estimate of drug-likeness (QED) is 0.702. The second kappa shape index (κ2) is 3.10. The Morgan fingerprint density at radius 1 is 1.46 bits per heavy atom. The molecule has 1 aliphatic rings. The Hall–Kier alpha value is -0.900. The van der Waals surface area contributed by atoms with Gasteiger partial charge in [-0.15, -0.1) is 0 Å². The molecule has 2 nitrogen and oxygen atoms in total. The fourth-order valence-corrected chi connectivity index (χ4v) is 1.75. The van der Waals surface area contributed by atoms with E-state index in [1.54, 1.807) is 0 Å². The van der Waals surface area contributed by atoms with Gasteiger partial charge in [0, 0.05) is 6.42 Å². The van der Waals surface area contributed by atoms with Gasteiger partial charge in [-0.05, 0) is 28.1 Å². The molecule has 0 saturated heterocycles. The molecule has 2 rings (SSSR count). The zero-order valence-electron chi connectivity index (χ0n) is 6.64. The van der Waals surface area contributed by atoms with Gasteiger partial charge in [0.25, 0.3) is 0 Å². The summed E-state index contributed by atoms with van der Waals surface area (Å²) < 4.78 is 19.0. The number of halogens is 2. The predicted molar refractivity (Wildman–Crippen MR) is 48.5 cm³/mol. The average molecular weight is 245 g/mol. The Labute approximate surface area is 82.8 Å². The first-order valence-electron chi connectivity index (χ1n) is 3.84. The molecule has 0 aromatic heterocycles. The van der Waals surface area contributed by atoms with E-state index in [4.69, 9.17) is 4.74 Å². The number of benzene rings is 1. The second-order valence-electron chi connectivity index (χ2n) is 2.75. The third kappa shape index (κ3) is 1.35. The van der Waals surface area contributed by atoms with Crippen molar-refractivity contribution in [2.24, 2.45) is 0 Å². The Balaban J connectivity index is 2.67. The van der Waals surface area contributed by atoms with Crippen LogP contribution in [0, 0.1) is 5.82 Å². The number of carbonyl (C=O) groups excluding carboxylic acids is 1. The number of rotatable bonds is 0. The van der Waals surface area contributed by atoms with E-state index in [1.807, 2.05) is 0 Å². The first kappa shape index (κ1) is 8.69. The monoisotopic (exact) mass is 244 g/mol. The third-order valence-electron chi connectivity index (χ3n) is 1.91. The molecule has 0 fully saturated rings. The van der Waals surface area contributed by atoms with Crippen molar-refractivity contribution < 1.29 is 13.9 Å². The summed E-state index contributed by atoms with van der Waals surface area (Å²) in [7, 11) is 0. The minimum absolute atomic E-state index is 0.0700. The Bertz CT molecular complexity index is 376. The first-order chi connectivity index (χ1) is 6.20. The summed E-state index contributed by atoms with van der Waals surface area (Å²) >= 11 is 3.20. The van der Waals surface area contributed by atoms with Crippen molar-refractivity contribution in [1.29, 1.82) is 0 Å². The molecule has 0 radical (unpaired) electrons. The summed E-state index contributed by atoms with van der Waals surface area (Å²) in [6.07, 6.45) is 0.250. The highest BCUT2D eigenvalue weighted by Gasteiger charge is 2.24. The van der Waals surface area contributed by atoms with Gasteiger partial charge in [0.2, 0.25) is 0 Å². The molecule has 4 heteroatoms. The number of carbonyl (C=O) groups is 1. The zero-order valence-corrected chi connectivity index (χ0v) is 8.23. The zero-order chi connectivity index (χ0) is 9.42. The molecular weight excluding hydrogens is 239 g/mol. The molecule has 0 atom stereocenters. The van der Waals surface area contributed by atoms with Gasteiger partial charge in [-0.1, -0.05) is 0 Å². The Morgan fingerprint density at radius 3 is 2.92 bits per heavy atom. The van der Waals surface area contributed by atoms with Gasteiger partial charge in [0.15, 0.2) is 5.78 Å². The van der Waals surface area contributed by atoms with E-state index in [1.165, 1.54) is 12.1 Å². The van der Waals surface area contributed by atoms with Gasteiger partial charge in [-0.25, -0.2) is 4.39 Å². The van der Waals surface area contributed by atoms with Crippen molar-refractivity contribution in [2.75, 3.05) is 6.61 Å². The van der Waals surface area contributed by atoms with Crippen LogP contribution in [-0.2, 0) is 0 Å². The van der Waals surface area contributed by atoms with Crippen LogP contribution >= 0.6 is 15.9 Å². The van der Waals surface area contributed by atoms with E-state index in [2.05, 4.69) is 15.9 Å². The molecule has 0 unspecified atom stereocenters. The number of hydrogen-bond acceptors (Lipinski definition) is 2. The molecule has 13 heavy (non-hydrogen) atoms. The van der Waals surface area contributed by atoms with E-state index in [-0.39, 0.29) is 17.8 Å². The van der Waals surface area contributed by atoms with Crippen molar-refractivity contribution in [3.63, 3.8) is 0 Å². The van der Waals surface area contributed by atoms with E-state index >= 15 is 0 Å². The molecule has 0 amide bonds. The lowest BCUT2D eigenvalue weighted by molar-refractivity contribution is 0.0927. The van der Waals surface area contributed by atoms with Gasteiger partial charge in [0.05, 0.1) is 16.6 Å². The van der Waals surface area contributed by atoms with Crippen molar-refractivity contribution in [2.45, 2.75) is 6.42 Å². The van der Waals surface area contributed by atoms with Crippen molar-refractivity contribution in [1.82, 2.24) is 0 Å². The molecule has 68 valence electrons. The first-order valence-corrected chi connectivity index (χ1v) is 4.63. The van der Waals surface area contributed by atoms with Crippen LogP contribution < -0.4 is 4.74 Å². The van der Waals surface area contributed by atoms with Crippen LogP contribution in [0.4, 0.5) is 4.39 Å². The molecule has 0 bridgehead atoms.